The Kier molecular flexibility index (Phi) is 5.32. The summed E-state index contributed by atoms with van der Waals surface area (Å²) in [7, 11) is 0. The Morgan fingerprint density at radius 2 is 1.90 bits per heavy atom. The zero-order valence-corrected chi connectivity index (χ0v) is 16.9. The molecule has 158 valence electrons. The Morgan fingerprint density at radius 1 is 1.13 bits per heavy atom. The lowest BCUT2D eigenvalue weighted by atomic mass is 10.2. The fourth-order valence-electron chi connectivity index (χ4n) is 3.02. The van der Waals surface area contributed by atoms with Gasteiger partial charge >= 0.3 is 6.18 Å². The van der Waals surface area contributed by atoms with Crippen molar-refractivity contribution in [2.45, 2.75) is 19.6 Å². The van der Waals surface area contributed by atoms with Gasteiger partial charge in [0, 0.05) is 11.8 Å². The minimum Gasteiger partial charge on any atom is -0.344 e. The van der Waals surface area contributed by atoms with Crippen LogP contribution in [0.15, 0.2) is 59.4 Å². The van der Waals surface area contributed by atoms with Crippen LogP contribution in [0.3, 0.4) is 0 Å². The van der Waals surface area contributed by atoms with Crippen molar-refractivity contribution in [3.05, 3.63) is 86.8 Å². The number of aryl methyl sites for hydroxylation is 1. The lowest BCUT2D eigenvalue weighted by Gasteiger charge is -2.13. The molecule has 0 spiro atoms. The van der Waals surface area contributed by atoms with Crippen LogP contribution in [0.1, 0.15) is 26.8 Å². The summed E-state index contributed by atoms with van der Waals surface area (Å²) in [5.74, 6) is -0.731. The molecule has 10 heteroatoms. The lowest BCUT2D eigenvalue weighted by Crippen LogP contribution is -2.31. The van der Waals surface area contributed by atoms with Crippen LogP contribution in [0.2, 0.25) is 0 Å². The molecule has 0 atom stereocenters. The van der Waals surface area contributed by atoms with Gasteiger partial charge in [-0.15, -0.1) is 11.3 Å². The standard InChI is InChI=1S/C21H15F3N4O2S/c1-12-9-16(29)19(27-28(12)14-6-4-5-13(10-14)21(22,23)24)20(30)25-11-18-26-15-7-2-3-8-17(15)31-18/h2-10H,11H2,1H3,(H,25,30). The van der Waals surface area contributed by atoms with Gasteiger partial charge in [0.2, 0.25) is 5.43 Å². The summed E-state index contributed by atoms with van der Waals surface area (Å²) in [6.07, 6.45) is -4.53. The van der Waals surface area contributed by atoms with E-state index in [2.05, 4.69) is 15.4 Å². The predicted octanol–water partition coefficient (Wildman–Crippen LogP) is 4.10. The molecular weight excluding hydrogens is 429 g/mol. The molecule has 0 fully saturated rings. The molecule has 31 heavy (non-hydrogen) atoms. The summed E-state index contributed by atoms with van der Waals surface area (Å²) in [5.41, 5.74) is -0.699. The second-order valence-electron chi connectivity index (χ2n) is 6.72. The van der Waals surface area contributed by atoms with Crippen LogP contribution in [0.5, 0.6) is 0 Å². The van der Waals surface area contributed by atoms with Crippen molar-refractivity contribution < 1.29 is 18.0 Å². The number of rotatable bonds is 4. The first-order valence-corrected chi connectivity index (χ1v) is 9.95. The fraction of sp³-hybridized carbons (Fsp3) is 0.143. The van der Waals surface area contributed by atoms with Crippen molar-refractivity contribution in [3.63, 3.8) is 0 Å². The molecule has 6 nitrogen and oxygen atoms in total. The Bertz CT molecular complexity index is 1310. The molecule has 2 aromatic carbocycles. The zero-order valence-electron chi connectivity index (χ0n) is 16.1. The van der Waals surface area contributed by atoms with Gasteiger partial charge in [-0.2, -0.15) is 18.3 Å². The average Bonchev–Trinajstić information content (AvgIpc) is 3.14. The van der Waals surface area contributed by atoms with Crippen molar-refractivity contribution in [2.75, 3.05) is 0 Å². The molecular formula is C21H15F3N4O2S. The summed E-state index contributed by atoms with van der Waals surface area (Å²) < 4.78 is 41.2. The number of aromatic nitrogens is 3. The van der Waals surface area contributed by atoms with Crippen LogP contribution in [0.25, 0.3) is 15.9 Å². The summed E-state index contributed by atoms with van der Waals surface area (Å²) in [6, 6.07) is 13.2. The van der Waals surface area contributed by atoms with Crippen molar-refractivity contribution in [1.29, 1.82) is 0 Å². The van der Waals surface area contributed by atoms with E-state index in [-0.39, 0.29) is 12.2 Å². The van der Waals surface area contributed by atoms with Crippen molar-refractivity contribution in [1.82, 2.24) is 20.1 Å². The summed E-state index contributed by atoms with van der Waals surface area (Å²) in [4.78, 5) is 29.3. The van der Waals surface area contributed by atoms with Crippen molar-refractivity contribution in [2.24, 2.45) is 0 Å². The molecule has 0 aliphatic heterocycles. The van der Waals surface area contributed by atoms with Gasteiger partial charge in [0.15, 0.2) is 5.69 Å². The average molecular weight is 444 g/mol. The minimum atomic E-state index is -4.53. The maximum Gasteiger partial charge on any atom is 0.416 e. The third-order valence-corrected chi connectivity index (χ3v) is 5.52. The number of benzene rings is 2. The van der Waals surface area contributed by atoms with Crippen molar-refractivity contribution >= 4 is 27.5 Å². The highest BCUT2D eigenvalue weighted by Crippen LogP contribution is 2.30. The molecule has 0 saturated carbocycles. The Hall–Kier alpha value is -3.53. The molecule has 2 heterocycles. The van der Waals surface area contributed by atoms with E-state index in [4.69, 9.17) is 0 Å². The molecule has 4 aromatic rings. The van der Waals surface area contributed by atoms with Crippen molar-refractivity contribution in [3.8, 4) is 5.69 Å². The molecule has 2 aromatic heterocycles. The minimum absolute atomic E-state index is 0.0903. The molecule has 4 rings (SSSR count). The SMILES string of the molecule is Cc1cc(=O)c(C(=O)NCc2nc3ccccc3s2)nn1-c1cccc(C(F)(F)F)c1. The first-order chi connectivity index (χ1) is 14.7. The van der Waals surface area contributed by atoms with E-state index < -0.39 is 28.8 Å². The molecule has 0 bridgehead atoms. The normalized spacial score (nSPS) is 11.6. The third kappa shape index (κ3) is 4.33. The molecule has 0 radical (unpaired) electrons. The van der Waals surface area contributed by atoms with Crippen LogP contribution >= 0.6 is 11.3 Å². The third-order valence-electron chi connectivity index (χ3n) is 4.48. The van der Waals surface area contributed by atoms with E-state index in [1.165, 1.54) is 36.5 Å². The highest BCUT2D eigenvalue weighted by molar-refractivity contribution is 7.18. The van der Waals surface area contributed by atoms with E-state index >= 15 is 0 Å². The van der Waals surface area contributed by atoms with Gasteiger partial charge in [-0.25, -0.2) is 9.67 Å². The number of nitrogens with one attached hydrogen (secondary N) is 1. The van der Waals surface area contributed by atoms with Gasteiger partial charge in [0.05, 0.1) is 28.0 Å². The predicted molar refractivity (Wildman–Crippen MR) is 110 cm³/mol. The van der Waals surface area contributed by atoms with Crippen LogP contribution in [-0.2, 0) is 12.7 Å². The number of carbonyl (C=O) groups is 1. The van der Waals surface area contributed by atoms with Gasteiger partial charge in [-0.1, -0.05) is 18.2 Å². The van der Waals surface area contributed by atoms with Crippen LogP contribution in [0.4, 0.5) is 13.2 Å². The lowest BCUT2D eigenvalue weighted by molar-refractivity contribution is -0.137. The highest BCUT2D eigenvalue weighted by Gasteiger charge is 2.30. The molecule has 0 aliphatic carbocycles. The number of fused-ring (bicyclic) bond motifs is 1. The Morgan fingerprint density at radius 3 is 2.65 bits per heavy atom. The Labute approximate surface area is 178 Å². The summed E-state index contributed by atoms with van der Waals surface area (Å²) >= 11 is 1.41. The first-order valence-electron chi connectivity index (χ1n) is 9.13. The molecule has 0 unspecified atom stereocenters. The molecule has 1 N–H and O–H groups in total. The summed E-state index contributed by atoms with van der Waals surface area (Å²) in [6.45, 7) is 1.62. The first kappa shape index (κ1) is 20.7. The number of hydrogen-bond acceptors (Lipinski definition) is 5. The smallest absolute Gasteiger partial charge is 0.344 e. The van der Waals surface area contributed by atoms with Gasteiger partial charge in [-0.3, -0.25) is 9.59 Å². The molecule has 0 aliphatic rings. The van der Waals surface area contributed by atoms with E-state index in [0.29, 0.717) is 10.7 Å². The number of para-hydroxylation sites is 1. The maximum absolute atomic E-state index is 13.0. The van der Waals surface area contributed by atoms with E-state index in [9.17, 15) is 22.8 Å². The van der Waals surface area contributed by atoms with Crippen LogP contribution in [0, 0.1) is 6.92 Å². The number of halogens is 3. The van der Waals surface area contributed by atoms with E-state index in [1.807, 2.05) is 24.3 Å². The molecule has 1 amide bonds. The quantitative estimate of drug-likeness (QED) is 0.514. The monoisotopic (exact) mass is 444 g/mol. The highest BCUT2D eigenvalue weighted by atomic mass is 32.1. The number of amides is 1. The van der Waals surface area contributed by atoms with Gasteiger partial charge in [-0.05, 0) is 37.3 Å². The number of hydrogen-bond donors (Lipinski definition) is 1. The fourth-order valence-corrected chi connectivity index (χ4v) is 3.92. The number of carbonyl (C=O) groups excluding carboxylic acids is 1. The van der Waals surface area contributed by atoms with E-state index in [1.54, 1.807) is 0 Å². The van der Waals surface area contributed by atoms with Gasteiger partial charge in [0.25, 0.3) is 5.91 Å². The topological polar surface area (TPSA) is 76.9 Å². The Balaban J connectivity index is 1.61. The largest absolute Gasteiger partial charge is 0.416 e. The van der Waals surface area contributed by atoms with Crippen LogP contribution in [-0.4, -0.2) is 20.7 Å². The maximum atomic E-state index is 13.0. The number of nitrogens with zero attached hydrogens (tertiary/aromatic N) is 3. The zero-order chi connectivity index (χ0) is 22.2. The van der Waals surface area contributed by atoms with Gasteiger partial charge < -0.3 is 5.32 Å². The summed E-state index contributed by atoms with van der Waals surface area (Å²) in [5, 5.41) is 7.28. The number of alkyl halides is 3. The van der Waals surface area contributed by atoms with Gasteiger partial charge in [0.1, 0.15) is 5.01 Å². The van der Waals surface area contributed by atoms with E-state index in [0.717, 1.165) is 27.0 Å². The molecule has 0 saturated heterocycles. The number of thiazole rings is 1. The second kappa shape index (κ2) is 7.95. The van der Waals surface area contributed by atoms with Crippen LogP contribution < -0.4 is 10.7 Å². The second-order valence-corrected chi connectivity index (χ2v) is 7.83.